The fourth-order valence-electron chi connectivity index (χ4n) is 2.22. The molecule has 0 saturated heterocycles. The molecule has 1 aromatic heterocycles. The molecule has 0 bridgehead atoms. The molecule has 0 saturated carbocycles. The number of hydrogen-bond donors (Lipinski definition) is 0. The average molecular weight is 291 g/mol. The molecule has 114 valence electrons. The number of nitrogens with zero attached hydrogens (tertiary/aromatic N) is 3. The van der Waals surface area contributed by atoms with E-state index in [-0.39, 0.29) is 5.69 Å². The van der Waals surface area contributed by atoms with Gasteiger partial charge in [0.15, 0.2) is 0 Å². The Morgan fingerprint density at radius 2 is 2.14 bits per heavy atom. The van der Waals surface area contributed by atoms with Gasteiger partial charge in [0.2, 0.25) is 0 Å². The number of hydrogen-bond acceptors (Lipinski definition) is 4. The zero-order valence-electron chi connectivity index (χ0n) is 12.5. The van der Waals surface area contributed by atoms with Crippen LogP contribution in [0.25, 0.3) is 0 Å². The highest BCUT2D eigenvalue weighted by Gasteiger charge is 2.06. The van der Waals surface area contributed by atoms with Crippen LogP contribution < -0.4 is 11.4 Å². The van der Waals surface area contributed by atoms with E-state index in [0.29, 0.717) is 32.0 Å². The molecule has 6 nitrogen and oxygen atoms in total. The van der Waals surface area contributed by atoms with Crippen LogP contribution in [0.15, 0.2) is 33.4 Å². The number of rotatable bonds is 6. The van der Waals surface area contributed by atoms with Crippen molar-refractivity contribution in [2.75, 3.05) is 13.2 Å². The van der Waals surface area contributed by atoms with E-state index < -0.39 is 5.69 Å². The second kappa shape index (κ2) is 7.17. The Balaban J connectivity index is 1.83. The molecule has 0 aromatic carbocycles. The Hall–Kier alpha value is -1.95. The first-order valence-corrected chi connectivity index (χ1v) is 7.17. The lowest BCUT2D eigenvalue weighted by Gasteiger charge is -2.11. The molecule has 0 spiro atoms. The van der Waals surface area contributed by atoms with Crippen molar-refractivity contribution in [2.24, 2.45) is 7.05 Å². The third-order valence-corrected chi connectivity index (χ3v) is 3.46. The maximum absolute atomic E-state index is 11.9. The van der Waals surface area contributed by atoms with Crippen molar-refractivity contribution >= 4 is 0 Å². The van der Waals surface area contributed by atoms with Crippen LogP contribution in [-0.2, 0) is 18.3 Å². The van der Waals surface area contributed by atoms with E-state index in [9.17, 15) is 9.59 Å². The Bertz CT molecular complexity index is 668. The molecule has 0 N–H and O–H groups in total. The van der Waals surface area contributed by atoms with Gasteiger partial charge in [0.1, 0.15) is 5.82 Å². The minimum atomic E-state index is -0.513. The minimum Gasteiger partial charge on any atom is -0.377 e. The van der Waals surface area contributed by atoms with Crippen LogP contribution in [0.2, 0.25) is 0 Å². The van der Waals surface area contributed by atoms with Crippen molar-refractivity contribution in [3.8, 4) is 0 Å². The van der Waals surface area contributed by atoms with Gasteiger partial charge in [0, 0.05) is 20.2 Å². The lowest BCUT2D eigenvalue weighted by molar-refractivity contribution is 0.150. The van der Waals surface area contributed by atoms with E-state index in [4.69, 9.17) is 4.74 Å². The summed E-state index contributed by atoms with van der Waals surface area (Å²) in [6.45, 7) is 3.35. The van der Waals surface area contributed by atoms with Crippen LogP contribution in [-0.4, -0.2) is 27.3 Å². The number of ether oxygens (including phenoxy) is 1. The zero-order chi connectivity index (χ0) is 15.2. The van der Waals surface area contributed by atoms with Gasteiger partial charge in [-0.15, -0.1) is 0 Å². The summed E-state index contributed by atoms with van der Waals surface area (Å²) in [5.74, 6) is 0.445. The van der Waals surface area contributed by atoms with Crippen molar-refractivity contribution in [1.29, 1.82) is 0 Å². The molecule has 1 heterocycles. The lowest BCUT2D eigenvalue weighted by atomic mass is 10.1. The molecule has 0 fully saturated rings. The van der Waals surface area contributed by atoms with Crippen LogP contribution in [0.4, 0.5) is 0 Å². The molecular formula is C15H21N3O3. The van der Waals surface area contributed by atoms with Gasteiger partial charge in [-0.05, 0) is 31.8 Å². The van der Waals surface area contributed by atoms with Crippen LogP contribution >= 0.6 is 0 Å². The summed E-state index contributed by atoms with van der Waals surface area (Å²) in [5.41, 5.74) is 0.366. The predicted molar refractivity (Wildman–Crippen MR) is 80.4 cm³/mol. The van der Waals surface area contributed by atoms with Gasteiger partial charge in [-0.3, -0.25) is 4.57 Å². The van der Waals surface area contributed by atoms with E-state index >= 15 is 0 Å². The van der Waals surface area contributed by atoms with E-state index in [2.05, 4.69) is 23.2 Å². The average Bonchev–Trinajstić information content (AvgIpc) is 2.49. The van der Waals surface area contributed by atoms with Gasteiger partial charge in [0.05, 0.1) is 6.61 Å². The summed E-state index contributed by atoms with van der Waals surface area (Å²) in [6.07, 6.45) is 9.31. The van der Waals surface area contributed by atoms with Gasteiger partial charge >= 0.3 is 11.4 Å². The number of aromatic nitrogens is 3. The Morgan fingerprint density at radius 3 is 2.86 bits per heavy atom. The molecular weight excluding hydrogens is 270 g/mol. The largest absolute Gasteiger partial charge is 0.377 e. The second-order valence-electron chi connectivity index (χ2n) is 5.10. The summed E-state index contributed by atoms with van der Waals surface area (Å²) in [5, 5.41) is 0. The van der Waals surface area contributed by atoms with E-state index in [0.717, 1.165) is 17.4 Å². The molecule has 0 unspecified atom stereocenters. The van der Waals surface area contributed by atoms with Crippen LogP contribution in [0, 0.1) is 6.92 Å². The highest BCUT2D eigenvalue weighted by Crippen LogP contribution is 2.09. The second-order valence-corrected chi connectivity index (χ2v) is 5.10. The van der Waals surface area contributed by atoms with Crippen molar-refractivity contribution in [2.45, 2.75) is 32.7 Å². The highest BCUT2D eigenvalue weighted by molar-refractivity contribution is 5.22. The van der Waals surface area contributed by atoms with Gasteiger partial charge in [-0.2, -0.15) is 4.98 Å². The van der Waals surface area contributed by atoms with Crippen molar-refractivity contribution in [1.82, 2.24) is 14.1 Å². The first-order chi connectivity index (χ1) is 10.1. The maximum atomic E-state index is 11.9. The summed E-state index contributed by atoms with van der Waals surface area (Å²) < 4.78 is 8.13. The van der Waals surface area contributed by atoms with Gasteiger partial charge in [0.25, 0.3) is 0 Å². The fraction of sp³-hybridized carbons (Fsp3) is 0.533. The van der Waals surface area contributed by atoms with Gasteiger partial charge < -0.3 is 4.74 Å². The van der Waals surface area contributed by atoms with Crippen molar-refractivity contribution in [3.63, 3.8) is 0 Å². The van der Waals surface area contributed by atoms with Crippen molar-refractivity contribution < 1.29 is 4.74 Å². The molecule has 2 rings (SSSR count). The summed E-state index contributed by atoms with van der Waals surface area (Å²) >= 11 is 0. The first kappa shape index (κ1) is 15.4. The van der Waals surface area contributed by atoms with Gasteiger partial charge in [-0.1, -0.05) is 18.2 Å². The molecule has 0 radical (unpaired) electrons. The zero-order valence-corrected chi connectivity index (χ0v) is 12.5. The Kier molecular flexibility index (Phi) is 5.27. The molecule has 1 aliphatic rings. The van der Waals surface area contributed by atoms with Crippen LogP contribution in [0.1, 0.15) is 25.1 Å². The molecule has 0 amide bonds. The highest BCUT2D eigenvalue weighted by atomic mass is 16.5. The quantitative estimate of drug-likeness (QED) is 0.731. The number of allylic oxidation sites excluding steroid dienone is 2. The van der Waals surface area contributed by atoms with Gasteiger partial charge in [-0.25, -0.2) is 14.2 Å². The Morgan fingerprint density at radius 1 is 1.33 bits per heavy atom. The summed E-state index contributed by atoms with van der Waals surface area (Å²) in [6, 6.07) is 0. The third-order valence-electron chi connectivity index (χ3n) is 3.46. The van der Waals surface area contributed by atoms with Crippen LogP contribution in [0.5, 0.6) is 0 Å². The molecule has 1 aliphatic carbocycles. The molecule has 0 atom stereocenters. The van der Waals surface area contributed by atoms with E-state index in [1.54, 1.807) is 6.92 Å². The summed E-state index contributed by atoms with van der Waals surface area (Å²) in [7, 11) is 1.44. The standard InChI is InChI=1S/C15H21N3O3/c1-12-16-14(19)17(2)15(20)18(12)9-6-10-21-11-13-7-4-3-5-8-13/h4,7-8H,3,5-6,9-11H2,1-2H3. The normalized spacial score (nSPS) is 14.3. The molecule has 0 aliphatic heterocycles. The molecule has 6 heteroatoms. The maximum Gasteiger partial charge on any atom is 0.353 e. The van der Waals surface area contributed by atoms with E-state index in [1.807, 2.05) is 0 Å². The SMILES string of the molecule is Cc1nc(=O)n(C)c(=O)n1CCCOCC1=CCCC=C1. The van der Waals surface area contributed by atoms with Crippen LogP contribution in [0.3, 0.4) is 0 Å². The summed E-state index contributed by atoms with van der Waals surface area (Å²) in [4.78, 5) is 27.1. The predicted octanol–water partition coefficient (Wildman–Crippen LogP) is 0.934. The number of aryl methyl sites for hydroxylation is 1. The molecule has 21 heavy (non-hydrogen) atoms. The fourth-order valence-corrected chi connectivity index (χ4v) is 2.22. The lowest BCUT2D eigenvalue weighted by Crippen LogP contribution is -2.41. The monoisotopic (exact) mass is 291 g/mol. The third kappa shape index (κ3) is 4.01. The first-order valence-electron chi connectivity index (χ1n) is 7.17. The van der Waals surface area contributed by atoms with E-state index in [1.165, 1.54) is 17.2 Å². The topological polar surface area (TPSA) is 66.1 Å². The minimum absolute atomic E-state index is 0.328. The smallest absolute Gasteiger partial charge is 0.353 e. The Labute approximate surface area is 123 Å². The molecule has 1 aromatic rings. The van der Waals surface area contributed by atoms with Crippen molar-refractivity contribution in [3.05, 3.63) is 50.6 Å².